The lowest BCUT2D eigenvalue weighted by atomic mass is 9.81. The Hall–Kier alpha value is -3.49. The number of fused-ring (bicyclic) bond motifs is 2. The van der Waals surface area contributed by atoms with Gasteiger partial charge in [0.25, 0.3) is 0 Å². The maximum absolute atomic E-state index is 14.8. The number of amides is 2. The zero-order valence-electron chi connectivity index (χ0n) is 29.7. The number of rotatable bonds is 12. The third-order valence-electron chi connectivity index (χ3n) is 11.2. The predicted molar refractivity (Wildman–Crippen MR) is 208 cm³/mol. The summed E-state index contributed by atoms with van der Waals surface area (Å²) in [6.45, 7) is 4.41. The largest absolute Gasteiger partial charge is 0.343 e. The van der Waals surface area contributed by atoms with Crippen LogP contribution in [-0.4, -0.2) is 71.0 Å². The lowest BCUT2D eigenvalue weighted by Gasteiger charge is -2.47. The van der Waals surface area contributed by atoms with Crippen LogP contribution in [0.25, 0.3) is 0 Å². The fraction of sp³-hybridized carbons (Fsp3) is 0.381. The van der Waals surface area contributed by atoms with Crippen LogP contribution in [0.1, 0.15) is 72.8 Å². The van der Waals surface area contributed by atoms with Gasteiger partial charge < -0.3 is 14.7 Å². The number of likely N-dealkylation sites (tertiary alicyclic amines) is 1. The lowest BCUT2D eigenvalue weighted by molar-refractivity contribution is -0.141. The number of nitrogens with zero attached hydrogens (tertiary/aromatic N) is 3. The molecule has 2 atom stereocenters. The highest BCUT2D eigenvalue weighted by atomic mass is 35.5. The molecule has 1 spiro atoms. The number of carbonyl (C=O) groups is 2. The van der Waals surface area contributed by atoms with Crippen LogP contribution in [0.3, 0.4) is 0 Å². The average Bonchev–Trinajstić information content (AvgIpc) is 3.43. The topological polar surface area (TPSA) is 60.9 Å². The first-order valence-electron chi connectivity index (χ1n) is 17.8. The Morgan fingerprint density at radius 1 is 0.843 bits per heavy atom. The molecule has 268 valence electrons. The number of benzene rings is 4. The van der Waals surface area contributed by atoms with Crippen LogP contribution in [-0.2, 0) is 36.4 Å². The van der Waals surface area contributed by atoms with Gasteiger partial charge in [0.05, 0.1) is 20.3 Å². The Morgan fingerprint density at radius 2 is 1.45 bits per heavy atom. The molecule has 1 fully saturated rings. The zero-order valence-corrected chi connectivity index (χ0v) is 32.0. The van der Waals surface area contributed by atoms with E-state index in [1.165, 1.54) is 11.1 Å². The second-order valence-electron chi connectivity index (χ2n) is 14.0. The molecule has 0 saturated carbocycles. The maximum Gasteiger partial charge on any atom is 0.224 e. The van der Waals surface area contributed by atoms with E-state index in [-0.39, 0.29) is 35.4 Å². The fourth-order valence-corrected chi connectivity index (χ4v) is 10.3. The van der Waals surface area contributed by atoms with Crippen LogP contribution in [0, 0.1) is 0 Å². The smallest absolute Gasteiger partial charge is 0.224 e. The third kappa shape index (κ3) is 7.68. The molecule has 0 bridgehead atoms. The molecule has 6 nitrogen and oxygen atoms in total. The highest BCUT2D eigenvalue weighted by Crippen LogP contribution is 2.47. The molecule has 2 aliphatic heterocycles. The van der Waals surface area contributed by atoms with E-state index in [0.717, 1.165) is 42.6 Å². The summed E-state index contributed by atoms with van der Waals surface area (Å²) in [5.41, 5.74) is 4.49. The highest BCUT2D eigenvalue weighted by Gasteiger charge is 2.48. The minimum atomic E-state index is -0.951. The van der Waals surface area contributed by atoms with Crippen LogP contribution in [0.15, 0.2) is 103 Å². The Bertz CT molecular complexity index is 1830. The Kier molecular flexibility index (Phi) is 11.7. The first kappa shape index (κ1) is 37.3. The third-order valence-corrected chi connectivity index (χ3v) is 14.0. The van der Waals surface area contributed by atoms with E-state index in [4.69, 9.17) is 23.2 Å². The van der Waals surface area contributed by atoms with Crippen molar-refractivity contribution in [2.75, 3.05) is 40.3 Å². The maximum atomic E-state index is 14.8. The van der Waals surface area contributed by atoms with Gasteiger partial charge in [-0.3, -0.25) is 13.8 Å². The Labute approximate surface area is 315 Å². The minimum Gasteiger partial charge on any atom is -0.343 e. The van der Waals surface area contributed by atoms with Crippen LogP contribution in [0.4, 0.5) is 0 Å². The van der Waals surface area contributed by atoms with Crippen molar-refractivity contribution in [3.63, 3.8) is 0 Å². The number of piperidine rings is 1. The van der Waals surface area contributed by atoms with Crippen LogP contribution >= 0.6 is 23.2 Å². The van der Waals surface area contributed by atoms with E-state index in [9.17, 15) is 13.8 Å². The number of likely N-dealkylation sites (N-methyl/N-ethyl adjacent to an activating group) is 2. The van der Waals surface area contributed by atoms with Crippen molar-refractivity contribution >= 4 is 45.8 Å². The van der Waals surface area contributed by atoms with Crippen LogP contribution < -0.4 is 0 Å². The summed E-state index contributed by atoms with van der Waals surface area (Å²) in [6, 6.07) is 34.2. The molecule has 0 aliphatic carbocycles. The van der Waals surface area contributed by atoms with Gasteiger partial charge in [-0.1, -0.05) is 121 Å². The minimum absolute atomic E-state index is 0.00553. The van der Waals surface area contributed by atoms with Gasteiger partial charge in [-0.25, -0.2) is 0 Å². The van der Waals surface area contributed by atoms with E-state index >= 15 is 0 Å². The van der Waals surface area contributed by atoms with Gasteiger partial charge in [0.15, 0.2) is 0 Å². The SMILES string of the molecule is CCC(=O)N(C)CC(CCN1CCC2(CC1)c1ccccc1C[S@]2=O)(c1ccc(Cl)c(Cl)c1)N(C)C(=O)CC(c1ccccc1)c1ccccc1. The van der Waals surface area contributed by atoms with Crippen molar-refractivity contribution in [3.8, 4) is 0 Å². The monoisotopic (exact) mass is 743 g/mol. The Morgan fingerprint density at radius 3 is 2.06 bits per heavy atom. The molecule has 9 heteroatoms. The average molecular weight is 745 g/mol. The van der Waals surface area contributed by atoms with Crippen molar-refractivity contribution in [2.45, 2.75) is 61.0 Å². The number of hydrogen-bond donors (Lipinski definition) is 0. The predicted octanol–water partition coefficient (Wildman–Crippen LogP) is 8.38. The summed E-state index contributed by atoms with van der Waals surface area (Å²) >= 11 is 13.1. The van der Waals surface area contributed by atoms with E-state index in [1.807, 2.05) is 80.5 Å². The van der Waals surface area contributed by atoms with Crippen molar-refractivity contribution in [3.05, 3.63) is 141 Å². The normalized spacial score (nSPS) is 18.0. The fourth-order valence-electron chi connectivity index (χ4n) is 8.14. The zero-order chi connectivity index (χ0) is 36.2. The van der Waals surface area contributed by atoms with Gasteiger partial charge in [0.2, 0.25) is 11.8 Å². The number of carbonyl (C=O) groups excluding carboxylic acids is 2. The van der Waals surface area contributed by atoms with Gasteiger partial charge in [-0.05, 0) is 72.3 Å². The molecule has 0 aromatic heterocycles. The molecule has 1 saturated heterocycles. The molecular weight excluding hydrogens is 697 g/mol. The molecule has 2 heterocycles. The molecule has 4 aromatic carbocycles. The summed E-state index contributed by atoms with van der Waals surface area (Å²) in [6.07, 6.45) is 2.78. The molecular formula is C42H47Cl2N3O3S. The molecule has 4 aromatic rings. The van der Waals surface area contributed by atoms with Crippen LogP contribution in [0.5, 0.6) is 0 Å². The number of halogens is 2. The van der Waals surface area contributed by atoms with Crippen molar-refractivity contribution in [1.29, 1.82) is 0 Å². The molecule has 1 unspecified atom stereocenters. The molecule has 51 heavy (non-hydrogen) atoms. The van der Waals surface area contributed by atoms with Gasteiger partial charge in [0.1, 0.15) is 0 Å². The molecule has 0 radical (unpaired) electrons. The van der Waals surface area contributed by atoms with E-state index in [1.54, 1.807) is 11.0 Å². The summed E-state index contributed by atoms with van der Waals surface area (Å²) in [5, 5.41) is 0.832. The Balaban J connectivity index is 1.33. The lowest BCUT2D eigenvalue weighted by Crippen LogP contribution is -2.56. The number of hydrogen-bond acceptors (Lipinski definition) is 4. The molecule has 2 aliphatic rings. The first-order valence-corrected chi connectivity index (χ1v) is 19.9. The van der Waals surface area contributed by atoms with E-state index in [2.05, 4.69) is 47.4 Å². The van der Waals surface area contributed by atoms with Gasteiger partial charge in [-0.15, -0.1) is 0 Å². The molecule has 2 amide bonds. The molecule has 0 N–H and O–H groups in total. The standard InChI is InChI=1S/C42H47Cl2N3O3S/c1-4-39(48)45(2)30-41(34-19-20-37(43)38(44)27-34,21-24-47-25-22-42(23-26-47)36-18-12-11-17-33(36)29-51(42)50)46(3)40(49)28-35(31-13-7-5-8-14-31)32-15-9-6-10-16-32/h5-20,27,35H,4,21-26,28-30H2,1-3H3/t41?,51-/m1/s1. The highest BCUT2D eigenvalue weighted by molar-refractivity contribution is 7.85. The van der Waals surface area contributed by atoms with Gasteiger partial charge in [0, 0.05) is 62.5 Å². The van der Waals surface area contributed by atoms with Crippen LogP contribution in [0.2, 0.25) is 10.0 Å². The first-order chi connectivity index (χ1) is 24.6. The van der Waals surface area contributed by atoms with Crippen molar-refractivity contribution < 1.29 is 13.8 Å². The summed E-state index contributed by atoms with van der Waals surface area (Å²) < 4.78 is 13.2. The summed E-state index contributed by atoms with van der Waals surface area (Å²) in [7, 11) is 2.73. The second kappa shape index (κ2) is 16.0. The van der Waals surface area contributed by atoms with Crippen molar-refractivity contribution in [1.82, 2.24) is 14.7 Å². The summed E-state index contributed by atoms with van der Waals surface area (Å²) in [4.78, 5) is 34.0. The molecule has 6 rings (SSSR count). The van der Waals surface area contributed by atoms with Crippen molar-refractivity contribution in [2.24, 2.45) is 0 Å². The van der Waals surface area contributed by atoms with Gasteiger partial charge >= 0.3 is 0 Å². The van der Waals surface area contributed by atoms with Gasteiger partial charge in [-0.2, -0.15) is 0 Å². The second-order valence-corrected chi connectivity index (χ2v) is 16.6. The quantitative estimate of drug-likeness (QED) is 0.146. The van der Waals surface area contributed by atoms with E-state index in [0.29, 0.717) is 35.2 Å². The summed E-state index contributed by atoms with van der Waals surface area (Å²) in [5.74, 6) is 0.423. The van der Waals surface area contributed by atoms with E-state index < -0.39 is 16.3 Å².